The second-order valence-electron chi connectivity index (χ2n) is 7.15. The number of esters is 1. The number of ether oxygens (including phenoxy) is 3. The van der Waals surface area contributed by atoms with Crippen LogP contribution in [0.4, 0.5) is 8.78 Å². The van der Waals surface area contributed by atoms with Crippen LogP contribution in [0.2, 0.25) is 0 Å². The Morgan fingerprint density at radius 3 is 2.56 bits per heavy atom. The van der Waals surface area contributed by atoms with Gasteiger partial charge in [-0.05, 0) is 44.2 Å². The Bertz CT molecular complexity index is 1130. The molecule has 0 saturated heterocycles. The van der Waals surface area contributed by atoms with Gasteiger partial charge in [-0.15, -0.1) is 0 Å². The van der Waals surface area contributed by atoms with Gasteiger partial charge in [0.15, 0.2) is 23.9 Å². The zero-order valence-electron chi connectivity index (χ0n) is 18.7. The van der Waals surface area contributed by atoms with Crippen LogP contribution in [0.3, 0.4) is 0 Å². The van der Waals surface area contributed by atoms with Crippen LogP contribution >= 0.6 is 0 Å². The van der Waals surface area contributed by atoms with Gasteiger partial charge in [-0.2, -0.15) is 8.78 Å². The third-order valence-electron chi connectivity index (χ3n) is 4.31. The van der Waals surface area contributed by atoms with Crippen molar-refractivity contribution in [1.29, 1.82) is 0 Å². The number of halogens is 2. The van der Waals surface area contributed by atoms with Gasteiger partial charge in [0, 0.05) is 18.2 Å². The lowest BCUT2D eigenvalue weighted by atomic mass is 10.2. The Labute approximate surface area is 194 Å². The maximum Gasteiger partial charge on any atom is 0.387 e. The van der Waals surface area contributed by atoms with E-state index in [0.29, 0.717) is 17.7 Å². The number of nitrogens with one attached hydrogen (secondary N) is 1. The summed E-state index contributed by atoms with van der Waals surface area (Å²) in [5.41, 5.74) is 0.506. The number of oxazole rings is 1. The van der Waals surface area contributed by atoms with Gasteiger partial charge >= 0.3 is 12.6 Å². The molecule has 1 amide bonds. The molecule has 9 nitrogen and oxygen atoms in total. The number of hydrogen-bond donors (Lipinski definition) is 1. The molecule has 3 rings (SSSR count). The van der Waals surface area contributed by atoms with E-state index in [1.165, 1.54) is 30.5 Å². The molecule has 1 aromatic carbocycles. The van der Waals surface area contributed by atoms with Crippen LogP contribution in [0.25, 0.3) is 11.5 Å². The molecule has 11 heteroatoms. The summed E-state index contributed by atoms with van der Waals surface area (Å²) >= 11 is 0. The molecule has 0 bridgehead atoms. The maximum absolute atomic E-state index is 12.7. The van der Waals surface area contributed by atoms with E-state index in [4.69, 9.17) is 13.9 Å². The molecular formula is C23H23F2N3O6. The van der Waals surface area contributed by atoms with E-state index in [0.717, 1.165) is 0 Å². The number of rotatable bonds is 10. The fourth-order valence-corrected chi connectivity index (χ4v) is 2.88. The minimum atomic E-state index is -3.02. The summed E-state index contributed by atoms with van der Waals surface area (Å²) in [6.07, 6.45) is 1.50. The van der Waals surface area contributed by atoms with E-state index < -0.39 is 25.2 Å². The Hall–Kier alpha value is -4.02. The van der Waals surface area contributed by atoms with Crippen molar-refractivity contribution in [3.8, 4) is 23.0 Å². The highest BCUT2D eigenvalue weighted by Crippen LogP contribution is 2.35. The Morgan fingerprint density at radius 1 is 1.12 bits per heavy atom. The highest BCUT2D eigenvalue weighted by atomic mass is 19.3. The van der Waals surface area contributed by atoms with E-state index in [1.54, 1.807) is 32.9 Å². The maximum atomic E-state index is 12.7. The minimum absolute atomic E-state index is 0.00520. The van der Waals surface area contributed by atoms with Crippen molar-refractivity contribution in [3.05, 3.63) is 59.7 Å². The first kappa shape index (κ1) is 24.6. The van der Waals surface area contributed by atoms with Crippen LogP contribution < -0.4 is 14.8 Å². The van der Waals surface area contributed by atoms with E-state index in [1.807, 2.05) is 0 Å². The van der Waals surface area contributed by atoms with Gasteiger partial charge in [0.25, 0.3) is 5.91 Å². The first-order valence-electron chi connectivity index (χ1n) is 10.4. The molecule has 2 aromatic heterocycles. The molecule has 3 aromatic rings. The van der Waals surface area contributed by atoms with Crippen LogP contribution in [0.5, 0.6) is 11.5 Å². The van der Waals surface area contributed by atoms with Gasteiger partial charge in [0.2, 0.25) is 5.89 Å². The molecule has 180 valence electrons. The lowest BCUT2D eigenvalue weighted by molar-refractivity contribution is -0.0518. The number of aryl methyl sites for hydroxylation is 1. The second kappa shape index (κ2) is 11.2. The van der Waals surface area contributed by atoms with Crippen LogP contribution in [0.15, 0.2) is 47.0 Å². The third kappa shape index (κ3) is 6.27. The van der Waals surface area contributed by atoms with Gasteiger partial charge in [0.05, 0.1) is 6.10 Å². The van der Waals surface area contributed by atoms with Crippen molar-refractivity contribution < 1.29 is 37.0 Å². The predicted octanol–water partition coefficient (Wildman–Crippen LogP) is 4.23. The van der Waals surface area contributed by atoms with Crippen molar-refractivity contribution in [1.82, 2.24) is 15.3 Å². The molecule has 0 aliphatic carbocycles. The second-order valence-corrected chi connectivity index (χ2v) is 7.15. The van der Waals surface area contributed by atoms with Gasteiger partial charge < -0.3 is 23.9 Å². The standard InChI is InChI=1S/C23H23F2N3O6/c1-4-16-19(20(29)27-12-31-22(30)15-7-5-6-10-26-15)28-21(33-16)14-8-9-17(34-23(24)25)18(11-14)32-13(2)3/h5-11,13,23H,4,12H2,1-3H3,(H,27,29). The van der Waals surface area contributed by atoms with Gasteiger partial charge in [-0.1, -0.05) is 13.0 Å². The molecule has 0 atom stereocenters. The number of hydrogen-bond acceptors (Lipinski definition) is 8. The summed E-state index contributed by atoms with van der Waals surface area (Å²) in [5, 5.41) is 2.45. The van der Waals surface area contributed by atoms with E-state index in [-0.39, 0.29) is 34.9 Å². The van der Waals surface area contributed by atoms with E-state index >= 15 is 0 Å². The number of benzene rings is 1. The highest BCUT2D eigenvalue weighted by molar-refractivity contribution is 5.94. The SMILES string of the molecule is CCc1oc(-c2ccc(OC(F)F)c(OC(C)C)c2)nc1C(=O)NCOC(=O)c1ccccn1. The van der Waals surface area contributed by atoms with Gasteiger partial charge in [-0.25, -0.2) is 14.8 Å². The summed E-state index contributed by atoms with van der Waals surface area (Å²) in [6.45, 7) is 1.83. The number of carbonyl (C=O) groups excluding carboxylic acids is 2. The normalized spacial score (nSPS) is 10.9. The summed E-state index contributed by atoms with van der Waals surface area (Å²) in [5.74, 6) is -0.982. The number of nitrogens with zero attached hydrogens (tertiary/aromatic N) is 2. The van der Waals surface area contributed by atoms with Crippen LogP contribution in [0, 0.1) is 0 Å². The largest absolute Gasteiger partial charge is 0.487 e. The smallest absolute Gasteiger partial charge is 0.387 e. The average Bonchev–Trinajstić information content (AvgIpc) is 3.24. The van der Waals surface area contributed by atoms with Crippen molar-refractivity contribution in [2.24, 2.45) is 0 Å². The summed E-state index contributed by atoms with van der Waals surface area (Å²) < 4.78 is 46.2. The van der Waals surface area contributed by atoms with Crippen molar-refractivity contribution >= 4 is 11.9 Å². The number of pyridine rings is 1. The Kier molecular flexibility index (Phi) is 8.12. The quantitative estimate of drug-likeness (QED) is 0.342. The Balaban J connectivity index is 1.75. The summed E-state index contributed by atoms with van der Waals surface area (Å²) in [7, 11) is 0. The molecule has 0 saturated carbocycles. The molecule has 0 spiro atoms. The van der Waals surface area contributed by atoms with Crippen molar-refractivity contribution in [2.45, 2.75) is 39.9 Å². The van der Waals surface area contributed by atoms with Gasteiger partial charge in [0.1, 0.15) is 11.5 Å². The molecule has 34 heavy (non-hydrogen) atoms. The average molecular weight is 475 g/mol. The van der Waals surface area contributed by atoms with Crippen molar-refractivity contribution in [3.63, 3.8) is 0 Å². The van der Waals surface area contributed by atoms with Gasteiger partial charge in [-0.3, -0.25) is 4.79 Å². The molecule has 0 fully saturated rings. The number of amides is 1. The first-order chi connectivity index (χ1) is 16.3. The molecular weight excluding hydrogens is 452 g/mol. The minimum Gasteiger partial charge on any atom is -0.487 e. The van der Waals surface area contributed by atoms with Crippen LogP contribution in [0.1, 0.15) is 47.5 Å². The highest BCUT2D eigenvalue weighted by Gasteiger charge is 2.22. The topological polar surface area (TPSA) is 113 Å². The predicted molar refractivity (Wildman–Crippen MR) is 116 cm³/mol. The fraction of sp³-hybridized carbons (Fsp3) is 0.304. The monoisotopic (exact) mass is 475 g/mol. The molecule has 0 unspecified atom stereocenters. The summed E-state index contributed by atoms with van der Waals surface area (Å²) in [4.78, 5) is 32.7. The molecule has 0 aliphatic heterocycles. The van der Waals surface area contributed by atoms with E-state index in [9.17, 15) is 18.4 Å². The van der Waals surface area contributed by atoms with Crippen LogP contribution in [-0.2, 0) is 11.2 Å². The van der Waals surface area contributed by atoms with Crippen LogP contribution in [-0.4, -0.2) is 41.3 Å². The Morgan fingerprint density at radius 2 is 1.91 bits per heavy atom. The molecule has 1 N–H and O–H groups in total. The first-order valence-corrected chi connectivity index (χ1v) is 10.4. The van der Waals surface area contributed by atoms with Crippen molar-refractivity contribution in [2.75, 3.05) is 6.73 Å². The zero-order chi connectivity index (χ0) is 24.7. The number of alkyl halides is 2. The molecule has 0 radical (unpaired) electrons. The third-order valence-corrected chi connectivity index (χ3v) is 4.31. The van der Waals surface area contributed by atoms with E-state index in [2.05, 4.69) is 20.0 Å². The summed E-state index contributed by atoms with van der Waals surface area (Å²) in [6, 6.07) is 9.00. The zero-order valence-corrected chi connectivity index (χ0v) is 18.7. The fourth-order valence-electron chi connectivity index (χ4n) is 2.88. The number of carbonyl (C=O) groups is 2. The number of aromatic nitrogens is 2. The molecule has 0 aliphatic rings. The lowest BCUT2D eigenvalue weighted by Crippen LogP contribution is -2.28. The lowest BCUT2D eigenvalue weighted by Gasteiger charge is -2.15. The molecule has 2 heterocycles.